The van der Waals surface area contributed by atoms with E-state index in [2.05, 4.69) is 31.2 Å². The van der Waals surface area contributed by atoms with Crippen LogP contribution in [0.2, 0.25) is 15.2 Å². The lowest BCUT2D eigenvalue weighted by molar-refractivity contribution is 0.0935. The van der Waals surface area contributed by atoms with Crippen LogP contribution < -0.4 is 5.32 Å². The van der Waals surface area contributed by atoms with Crippen LogP contribution in [0.5, 0.6) is 0 Å². The van der Waals surface area contributed by atoms with Gasteiger partial charge in [-0.1, -0.05) is 34.8 Å². The van der Waals surface area contributed by atoms with Crippen LogP contribution in [0.1, 0.15) is 23.0 Å². The van der Waals surface area contributed by atoms with E-state index in [4.69, 9.17) is 34.8 Å². The van der Waals surface area contributed by atoms with E-state index in [-0.39, 0.29) is 15.7 Å². The average Bonchev–Trinajstić information content (AvgIpc) is 2.37. The molecule has 116 valence electrons. The molecule has 0 radical (unpaired) electrons. The highest BCUT2D eigenvalue weighted by molar-refractivity contribution is 14.1. The molecular weight excluding hydrogens is 527 g/mol. The summed E-state index contributed by atoms with van der Waals surface area (Å²) in [6.45, 7) is 1.77. The van der Waals surface area contributed by atoms with Crippen molar-refractivity contribution in [1.29, 1.82) is 0 Å². The lowest BCUT2D eigenvalue weighted by Gasteiger charge is -2.25. The first kappa shape index (κ1) is 18.2. The topological polar surface area (TPSA) is 54.9 Å². The Morgan fingerprint density at radius 1 is 1.32 bits per heavy atom. The van der Waals surface area contributed by atoms with Crippen molar-refractivity contribution < 1.29 is 4.79 Å². The standard InChI is InChI=1S/C13H8BrCl3IN3O/c1-13(18,10-8(16)4-6(14)5-20-10)21-12(22)9-7(15)2-3-19-11(9)17/h2-5H,1H3,(H,21,22). The van der Waals surface area contributed by atoms with Gasteiger partial charge in [0.2, 0.25) is 0 Å². The average molecular weight is 535 g/mol. The third-order valence-electron chi connectivity index (χ3n) is 2.68. The number of nitrogens with one attached hydrogen (secondary N) is 1. The number of alkyl halides is 1. The minimum absolute atomic E-state index is 0.0343. The molecule has 1 atom stereocenters. The van der Waals surface area contributed by atoms with Crippen LogP contribution in [0, 0.1) is 0 Å². The van der Waals surface area contributed by atoms with Gasteiger partial charge >= 0.3 is 0 Å². The summed E-state index contributed by atoms with van der Waals surface area (Å²) in [5, 5.41) is 3.49. The van der Waals surface area contributed by atoms with E-state index in [1.807, 2.05) is 22.6 Å². The quantitative estimate of drug-likeness (QED) is 0.253. The number of nitrogens with zero attached hydrogens (tertiary/aromatic N) is 2. The SMILES string of the molecule is CC(I)(NC(=O)c1c(Cl)ccnc1Cl)c1ncc(Br)cc1Cl. The summed E-state index contributed by atoms with van der Waals surface area (Å²) < 4.78 is -0.104. The third-order valence-corrected chi connectivity index (χ3v) is 4.79. The smallest absolute Gasteiger partial charge is 0.257 e. The molecule has 2 heterocycles. The molecule has 0 fully saturated rings. The summed E-state index contributed by atoms with van der Waals surface area (Å²) >= 11 is 23.5. The number of rotatable bonds is 3. The van der Waals surface area contributed by atoms with Crippen molar-refractivity contribution in [3.05, 3.63) is 55.5 Å². The molecule has 22 heavy (non-hydrogen) atoms. The van der Waals surface area contributed by atoms with E-state index in [0.717, 1.165) is 4.47 Å². The summed E-state index contributed by atoms with van der Waals surface area (Å²) in [7, 11) is 0. The monoisotopic (exact) mass is 533 g/mol. The Bertz CT molecular complexity index is 722. The first-order chi connectivity index (χ1) is 10.2. The number of halogens is 5. The predicted octanol–water partition coefficient (Wildman–Crippen LogP) is 5.24. The van der Waals surface area contributed by atoms with Gasteiger partial charge in [0.1, 0.15) is 8.70 Å². The molecule has 1 N–H and O–H groups in total. The van der Waals surface area contributed by atoms with Crippen LogP contribution in [0.25, 0.3) is 0 Å². The highest BCUT2D eigenvalue weighted by Crippen LogP contribution is 2.34. The molecule has 1 amide bonds. The van der Waals surface area contributed by atoms with E-state index < -0.39 is 9.45 Å². The van der Waals surface area contributed by atoms with Crippen molar-refractivity contribution in [2.45, 2.75) is 10.5 Å². The Balaban J connectivity index is 2.34. The zero-order chi connectivity index (χ0) is 16.5. The molecule has 0 aliphatic rings. The highest BCUT2D eigenvalue weighted by atomic mass is 127. The number of amides is 1. The van der Waals surface area contributed by atoms with E-state index >= 15 is 0 Å². The molecule has 2 rings (SSSR count). The van der Waals surface area contributed by atoms with E-state index in [1.54, 1.807) is 19.2 Å². The summed E-state index contributed by atoms with van der Waals surface area (Å²) in [5.74, 6) is -0.458. The van der Waals surface area contributed by atoms with Crippen molar-refractivity contribution >= 4 is 79.2 Å². The van der Waals surface area contributed by atoms with Gasteiger partial charge in [0.15, 0.2) is 0 Å². The van der Waals surface area contributed by atoms with Gasteiger partial charge < -0.3 is 5.32 Å². The van der Waals surface area contributed by atoms with Gasteiger partial charge in [-0.15, -0.1) is 0 Å². The van der Waals surface area contributed by atoms with Crippen molar-refractivity contribution in [3.63, 3.8) is 0 Å². The molecule has 1 unspecified atom stereocenters. The summed E-state index contributed by atoms with van der Waals surface area (Å²) in [6, 6.07) is 3.20. The van der Waals surface area contributed by atoms with Crippen molar-refractivity contribution in [2.75, 3.05) is 0 Å². The Morgan fingerprint density at radius 3 is 2.59 bits per heavy atom. The first-order valence-corrected chi connectivity index (χ1v) is 8.86. The largest absolute Gasteiger partial charge is 0.332 e. The van der Waals surface area contributed by atoms with E-state index in [1.165, 1.54) is 12.3 Å². The second-order valence-corrected chi connectivity index (χ2v) is 8.65. The number of carbonyl (C=O) groups excluding carboxylic acids is 1. The van der Waals surface area contributed by atoms with Gasteiger partial charge in [0, 0.05) is 16.9 Å². The van der Waals surface area contributed by atoms with Crippen LogP contribution in [-0.2, 0) is 3.55 Å². The molecule has 0 spiro atoms. The van der Waals surface area contributed by atoms with Gasteiger partial charge in [-0.05, 0) is 57.6 Å². The molecule has 0 bridgehead atoms. The van der Waals surface area contributed by atoms with Crippen LogP contribution >= 0.6 is 73.3 Å². The normalized spacial score (nSPS) is 13.5. The van der Waals surface area contributed by atoms with Crippen LogP contribution in [-0.4, -0.2) is 15.9 Å². The molecule has 9 heteroatoms. The van der Waals surface area contributed by atoms with Gasteiger partial charge in [0.25, 0.3) is 5.91 Å². The minimum Gasteiger partial charge on any atom is -0.332 e. The van der Waals surface area contributed by atoms with Crippen molar-refractivity contribution in [1.82, 2.24) is 15.3 Å². The number of pyridine rings is 2. The second kappa shape index (κ2) is 7.17. The number of hydrogen-bond donors (Lipinski definition) is 1. The molecule has 0 aliphatic heterocycles. The third kappa shape index (κ3) is 4.03. The molecule has 0 saturated heterocycles. The Hall–Kier alpha value is -0.150. The van der Waals surface area contributed by atoms with Crippen molar-refractivity contribution in [2.24, 2.45) is 0 Å². The van der Waals surface area contributed by atoms with Gasteiger partial charge in [-0.2, -0.15) is 0 Å². The molecular formula is C13H8BrCl3IN3O. The number of carbonyl (C=O) groups is 1. The Kier molecular flexibility index (Phi) is 5.93. The fraction of sp³-hybridized carbons (Fsp3) is 0.154. The maximum atomic E-state index is 12.4. The predicted molar refractivity (Wildman–Crippen MR) is 100 cm³/mol. The number of hydrogen-bond acceptors (Lipinski definition) is 3. The molecule has 2 aromatic heterocycles. The van der Waals surface area contributed by atoms with E-state index in [9.17, 15) is 4.79 Å². The lowest BCUT2D eigenvalue weighted by atomic mass is 10.2. The van der Waals surface area contributed by atoms with Crippen LogP contribution in [0.3, 0.4) is 0 Å². The molecule has 4 nitrogen and oxygen atoms in total. The fourth-order valence-electron chi connectivity index (χ4n) is 1.71. The fourth-order valence-corrected chi connectivity index (χ4v) is 3.89. The molecule has 2 aromatic rings. The minimum atomic E-state index is -0.852. The Morgan fingerprint density at radius 2 is 2.00 bits per heavy atom. The van der Waals surface area contributed by atoms with Gasteiger partial charge in [0.05, 0.1) is 21.3 Å². The zero-order valence-electron chi connectivity index (χ0n) is 11.0. The van der Waals surface area contributed by atoms with Crippen molar-refractivity contribution in [3.8, 4) is 0 Å². The maximum absolute atomic E-state index is 12.4. The Labute approximate surface area is 164 Å². The molecule has 0 saturated carbocycles. The molecule has 0 aromatic carbocycles. The zero-order valence-corrected chi connectivity index (χ0v) is 17.0. The maximum Gasteiger partial charge on any atom is 0.257 e. The van der Waals surface area contributed by atoms with Crippen LogP contribution in [0.15, 0.2) is 29.0 Å². The molecule has 0 aliphatic carbocycles. The number of aromatic nitrogens is 2. The highest BCUT2D eigenvalue weighted by Gasteiger charge is 2.31. The summed E-state index contributed by atoms with van der Waals surface area (Å²) in [5.41, 5.74) is 0.629. The second-order valence-electron chi connectivity index (χ2n) is 4.40. The first-order valence-electron chi connectivity index (χ1n) is 5.85. The van der Waals surface area contributed by atoms with E-state index in [0.29, 0.717) is 10.7 Å². The summed E-state index contributed by atoms with van der Waals surface area (Å²) in [6.07, 6.45) is 3.03. The van der Waals surface area contributed by atoms with Crippen LogP contribution in [0.4, 0.5) is 0 Å². The summed E-state index contributed by atoms with van der Waals surface area (Å²) in [4.78, 5) is 20.6. The lowest BCUT2D eigenvalue weighted by Crippen LogP contribution is -2.39. The van der Waals surface area contributed by atoms with Gasteiger partial charge in [-0.25, -0.2) is 4.98 Å². The van der Waals surface area contributed by atoms with Gasteiger partial charge in [-0.3, -0.25) is 9.78 Å².